The van der Waals surface area contributed by atoms with Crippen molar-refractivity contribution in [3.05, 3.63) is 48.7 Å². The third-order valence-electron chi connectivity index (χ3n) is 8.03. The Kier molecular flexibility index (Phi) is 7.17. The molecule has 0 radical (unpaired) electrons. The van der Waals surface area contributed by atoms with Crippen molar-refractivity contribution in [2.24, 2.45) is 11.8 Å². The fourth-order valence-electron chi connectivity index (χ4n) is 5.83. The molecule has 3 heterocycles. The van der Waals surface area contributed by atoms with Crippen LogP contribution in [0.5, 0.6) is 5.75 Å². The van der Waals surface area contributed by atoms with Gasteiger partial charge in [0.15, 0.2) is 0 Å². The summed E-state index contributed by atoms with van der Waals surface area (Å²) in [6.07, 6.45) is 10.8. The molecule has 3 aliphatic rings. The van der Waals surface area contributed by atoms with Gasteiger partial charge in [-0.05, 0) is 62.6 Å². The number of para-hydroxylation sites is 1. The molecule has 8 nitrogen and oxygen atoms in total. The Bertz CT molecular complexity index is 1210. The molecule has 1 aliphatic carbocycles. The Morgan fingerprint density at radius 1 is 1.14 bits per heavy atom. The molecule has 2 fully saturated rings. The number of benzene rings is 1. The predicted octanol–water partition coefficient (Wildman–Crippen LogP) is 3.79. The quantitative estimate of drug-likeness (QED) is 0.504. The van der Waals surface area contributed by atoms with Gasteiger partial charge >= 0.3 is 5.97 Å². The number of methoxy groups -OCH3 is 1. The molecule has 2 aliphatic heterocycles. The molecule has 196 valence electrons. The van der Waals surface area contributed by atoms with Crippen molar-refractivity contribution in [2.75, 3.05) is 13.7 Å². The number of carbonyl (C=O) groups is 3. The van der Waals surface area contributed by atoms with E-state index in [1.54, 1.807) is 11.1 Å². The van der Waals surface area contributed by atoms with Crippen LogP contribution >= 0.6 is 0 Å². The highest BCUT2D eigenvalue weighted by Gasteiger charge is 2.62. The number of amides is 2. The highest BCUT2D eigenvalue weighted by Crippen LogP contribution is 2.48. The third-order valence-corrected chi connectivity index (χ3v) is 8.03. The smallest absolute Gasteiger partial charge is 0.331 e. The first-order valence-electron chi connectivity index (χ1n) is 13.3. The molecule has 2 aromatic rings. The summed E-state index contributed by atoms with van der Waals surface area (Å²) in [5, 5.41) is 3.90. The summed E-state index contributed by atoms with van der Waals surface area (Å²) in [5.74, 6) is -0.288. The van der Waals surface area contributed by atoms with Gasteiger partial charge in [0.25, 0.3) is 0 Å². The van der Waals surface area contributed by atoms with E-state index in [1.165, 1.54) is 7.11 Å². The summed E-state index contributed by atoms with van der Waals surface area (Å²) in [7, 11) is 1.35. The maximum atomic E-state index is 13.7. The molecule has 1 saturated carbocycles. The molecule has 1 aromatic carbocycles. The minimum Gasteiger partial charge on any atom is -0.488 e. The van der Waals surface area contributed by atoms with E-state index < -0.39 is 17.6 Å². The van der Waals surface area contributed by atoms with Crippen LogP contribution in [0.4, 0.5) is 0 Å². The van der Waals surface area contributed by atoms with E-state index in [4.69, 9.17) is 9.47 Å². The van der Waals surface area contributed by atoms with Gasteiger partial charge in [-0.2, -0.15) is 0 Å². The zero-order valence-corrected chi connectivity index (χ0v) is 21.5. The first-order chi connectivity index (χ1) is 17.9. The van der Waals surface area contributed by atoms with Crippen LogP contribution < -0.4 is 10.1 Å². The Hall–Kier alpha value is -3.42. The van der Waals surface area contributed by atoms with Gasteiger partial charge in [0.2, 0.25) is 11.8 Å². The van der Waals surface area contributed by atoms with E-state index in [0.717, 1.165) is 43.0 Å². The standard InChI is InChI=1S/C29H35N3O5/c1-19-10-6-4-3-5-7-11-20-17-29(20,28(35)36-2)31-26(33)24-16-21(18-32(24)27(19)34)37-25-14-15-30-23-13-9-8-12-22(23)25/h3,5,8-9,12-15,19-21,24H,4,6-7,10-11,16-18H2,1-2H3,(H,31,33)/b5-3+/t19-,20+,21?,24-,29+/m0/s1. The largest absolute Gasteiger partial charge is 0.488 e. The minimum absolute atomic E-state index is 0.0263. The van der Waals surface area contributed by atoms with Gasteiger partial charge in [-0.1, -0.05) is 31.2 Å². The molecule has 5 rings (SSSR count). The van der Waals surface area contributed by atoms with Gasteiger partial charge < -0.3 is 19.7 Å². The lowest BCUT2D eigenvalue weighted by Crippen LogP contribution is -2.54. The number of fused-ring (bicyclic) bond motifs is 3. The highest BCUT2D eigenvalue weighted by molar-refractivity contribution is 5.95. The van der Waals surface area contributed by atoms with Crippen LogP contribution in [0.1, 0.15) is 51.9 Å². The number of hydrogen-bond acceptors (Lipinski definition) is 6. The van der Waals surface area contributed by atoms with Crippen LogP contribution in [0.3, 0.4) is 0 Å². The van der Waals surface area contributed by atoms with E-state index >= 15 is 0 Å². The number of hydrogen-bond donors (Lipinski definition) is 1. The number of esters is 1. The van der Waals surface area contributed by atoms with E-state index in [1.807, 2.05) is 37.3 Å². The SMILES string of the molecule is COC(=O)[C@@]12C[C@H]1CC/C=C/CCC[C@H](C)C(=O)N1CC(Oc3ccnc4ccccc34)C[C@H]1C(=O)N2. The van der Waals surface area contributed by atoms with E-state index in [2.05, 4.69) is 22.5 Å². The second-order valence-electron chi connectivity index (χ2n) is 10.5. The zero-order valence-electron chi connectivity index (χ0n) is 21.5. The summed E-state index contributed by atoms with van der Waals surface area (Å²) in [4.78, 5) is 46.0. The Morgan fingerprint density at radius 2 is 1.95 bits per heavy atom. The number of nitrogens with one attached hydrogen (secondary N) is 1. The molecule has 0 spiro atoms. The molecule has 37 heavy (non-hydrogen) atoms. The van der Waals surface area contributed by atoms with Crippen LogP contribution in [0, 0.1) is 11.8 Å². The molecule has 1 unspecified atom stereocenters. The minimum atomic E-state index is -1.01. The number of nitrogens with zero attached hydrogens (tertiary/aromatic N) is 2. The molecule has 2 amide bonds. The Labute approximate surface area is 217 Å². The average molecular weight is 506 g/mol. The summed E-state index contributed by atoms with van der Waals surface area (Å²) in [6.45, 7) is 2.24. The summed E-state index contributed by atoms with van der Waals surface area (Å²) in [6, 6.07) is 8.84. The normalized spacial score (nSPS) is 31.4. The van der Waals surface area contributed by atoms with Gasteiger partial charge in [-0.15, -0.1) is 0 Å². The summed E-state index contributed by atoms with van der Waals surface area (Å²) in [5.41, 5.74) is -0.190. The van der Waals surface area contributed by atoms with Crippen molar-refractivity contribution >= 4 is 28.7 Å². The van der Waals surface area contributed by atoms with Crippen LogP contribution in [-0.4, -0.2) is 59.0 Å². The maximum absolute atomic E-state index is 13.7. The molecular weight excluding hydrogens is 470 g/mol. The summed E-state index contributed by atoms with van der Waals surface area (Å²) < 4.78 is 11.5. The Balaban J connectivity index is 1.41. The molecule has 1 N–H and O–H groups in total. The van der Waals surface area contributed by atoms with Crippen molar-refractivity contribution in [3.8, 4) is 5.75 Å². The number of aromatic nitrogens is 1. The van der Waals surface area contributed by atoms with Crippen molar-refractivity contribution in [1.29, 1.82) is 0 Å². The van der Waals surface area contributed by atoms with E-state index in [0.29, 0.717) is 25.1 Å². The lowest BCUT2D eigenvalue weighted by molar-refractivity contribution is -0.148. The van der Waals surface area contributed by atoms with Crippen molar-refractivity contribution in [2.45, 2.75) is 69.6 Å². The second kappa shape index (κ2) is 10.5. The highest BCUT2D eigenvalue weighted by atomic mass is 16.5. The summed E-state index contributed by atoms with van der Waals surface area (Å²) >= 11 is 0. The molecule has 1 aromatic heterocycles. The van der Waals surface area contributed by atoms with Crippen molar-refractivity contribution in [3.63, 3.8) is 0 Å². The van der Waals surface area contributed by atoms with E-state index in [-0.39, 0.29) is 29.8 Å². The van der Waals surface area contributed by atoms with Crippen LogP contribution in [0.25, 0.3) is 10.9 Å². The first-order valence-corrected chi connectivity index (χ1v) is 13.3. The predicted molar refractivity (Wildman–Crippen MR) is 139 cm³/mol. The number of pyridine rings is 1. The van der Waals surface area contributed by atoms with E-state index in [9.17, 15) is 14.4 Å². The van der Waals surface area contributed by atoms with Crippen LogP contribution in [0.2, 0.25) is 0 Å². The van der Waals surface area contributed by atoms with Crippen molar-refractivity contribution < 1.29 is 23.9 Å². The van der Waals surface area contributed by atoms with Crippen LogP contribution in [-0.2, 0) is 19.1 Å². The third kappa shape index (κ3) is 5.06. The molecule has 8 heteroatoms. The topological polar surface area (TPSA) is 97.8 Å². The molecule has 0 bridgehead atoms. The van der Waals surface area contributed by atoms with Crippen LogP contribution in [0.15, 0.2) is 48.7 Å². The van der Waals surface area contributed by atoms with Crippen molar-refractivity contribution in [1.82, 2.24) is 15.2 Å². The second-order valence-corrected chi connectivity index (χ2v) is 10.5. The van der Waals surface area contributed by atoms with Gasteiger partial charge in [-0.3, -0.25) is 14.6 Å². The molecule has 5 atom stereocenters. The monoisotopic (exact) mass is 505 g/mol. The Morgan fingerprint density at radius 3 is 2.78 bits per heavy atom. The fraction of sp³-hybridized carbons (Fsp3) is 0.517. The number of carbonyl (C=O) groups excluding carboxylic acids is 3. The number of ether oxygens (including phenoxy) is 2. The molecular formula is C29H35N3O5. The fourth-order valence-corrected chi connectivity index (χ4v) is 5.83. The van der Waals surface area contributed by atoms with Gasteiger partial charge in [0, 0.05) is 23.9 Å². The van der Waals surface area contributed by atoms with Gasteiger partial charge in [-0.25, -0.2) is 4.79 Å². The zero-order chi connectivity index (χ0) is 26.0. The molecule has 1 saturated heterocycles. The van der Waals surface area contributed by atoms with Gasteiger partial charge in [0.05, 0.1) is 19.2 Å². The van der Waals surface area contributed by atoms with Gasteiger partial charge in [0.1, 0.15) is 23.4 Å². The lowest BCUT2D eigenvalue weighted by atomic mass is 10.0. The number of allylic oxidation sites excluding steroid dienone is 2. The maximum Gasteiger partial charge on any atom is 0.331 e. The number of rotatable bonds is 3. The lowest BCUT2D eigenvalue weighted by Gasteiger charge is -2.28. The first kappa shape index (κ1) is 25.2. The average Bonchev–Trinajstić information content (AvgIpc) is 3.43.